The lowest BCUT2D eigenvalue weighted by Gasteiger charge is -2.32. The minimum atomic E-state index is -0.762. The molecule has 1 aliphatic rings. The van der Waals surface area contributed by atoms with Crippen molar-refractivity contribution in [2.75, 3.05) is 34.4 Å². The molecular formula is C23H43NO8. The lowest BCUT2D eigenvalue weighted by Crippen LogP contribution is -2.38. The number of ether oxygens (including phenoxy) is 5. The molecule has 0 aromatic carbocycles. The predicted octanol–water partition coefficient (Wildman–Crippen LogP) is 2.04. The first kappa shape index (κ1) is 28.8. The maximum Gasteiger partial charge on any atom is 0.309 e. The quantitative estimate of drug-likeness (QED) is 0.434. The molecule has 0 saturated carbocycles. The van der Waals surface area contributed by atoms with Crippen molar-refractivity contribution in [3.8, 4) is 0 Å². The van der Waals surface area contributed by atoms with E-state index in [0.717, 1.165) is 0 Å². The van der Waals surface area contributed by atoms with Gasteiger partial charge in [0.25, 0.3) is 0 Å². The number of nitrogens with one attached hydrogen (secondary N) is 1. The van der Waals surface area contributed by atoms with E-state index >= 15 is 0 Å². The summed E-state index contributed by atoms with van der Waals surface area (Å²) in [4.78, 5) is 24.6. The Morgan fingerprint density at radius 3 is 2.47 bits per heavy atom. The van der Waals surface area contributed by atoms with Gasteiger partial charge in [-0.1, -0.05) is 13.8 Å². The zero-order valence-corrected chi connectivity index (χ0v) is 20.5. The lowest BCUT2D eigenvalue weighted by molar-refractivity contribution is -0.166. The van der Waals surface area contributed by atoms with Gasteiger partial charge in [0.2, 0.25) is 0 Å². The number of hydrogen-bond acceptors (Lipinski definition) is 9. The number of hydrogen-bond donors (Lipinski definition) is 2. The van der Waals surface area contributed by atoms with Gasteiger partial charge in [-0.15, -0.1) is 0 Å². The van der Waals surface area contributed by atoms with E-state index in [-0.39, 0.29) is 30.8 Å². The maximum absolute atomic E-state index is 12.6. The van der Waals surface area contributed by atoms with E-state index in [0.29, 0.717) is 38.8 Å². The molecule has 188 valence electrons. The summed E-state index contributed by atoms with van der Waals surface area (Å²) in [5.41, 5.74) is 0. The molecule has 0 bridgehead atoms. The largest absolute Gasteiger partial charge is 0.463 e. The fourth-order valence-corrected chi connectivity index (χ4v) is 4.01. The van der Waals surface area contributed by atoms with E-state index in [1.54, 1.807) is 28.3 Å². The number of aliphatic hydroxyl groups excluding tert-OH is 1. The fraction of sp³-hybridized carbons (Fsp3) is 0.913. The van der Waals surface area contributed by atoms with Crippen molar-refractivity contribution in [1.82, 2.24) is 5.32 Å². The number of carbonyl (C=O) groups is 2. The van der Waals surface area contributed by atoms with Crippen molar-refractivity contribution in [3.05, 3.63) is 0 Å². The molecule has 0 spiro atoms. The molecule has 9 heteroatoms. The van der Waals surface area contributed by atoms with Gasteiger partial charge in [-0.2, -0.15) is 0 Å². The summed E-state index contributed by atoms with van der Waals surface area (Å²) in [6.45, 7) is 6.61. The Morgan fingerprint density at radius 1 is 1.19 bits per heavy atom. The average Bonchev–Trinajstić information content (AvgIpc) is 2.76. The van der Waals surface area contributed by atoms with Gasteiger partial charge < -0.3 is 34.1 Å². The Labute approximate surface area is 192 Å². The van der Waals surface area contributed by atoms with Gasteiger partial charge in [0, 0.05) is 40.7 Å². The number of carbonyl (C=O) groups excluding carboxylic acids is 2. The van der Waals surface area contributed by atoms with Crippen molar-refractivity contribution in [3.63, 3.8) is 0 Å². The first-order valence-electron chi connectivity index (χ1n) is 11.6. The van der Waals surface area contributed by atoms with Crippen LogP contribution < -0.4 is 5.32 Å². The van der Waals surface area contributed by atoms with Crippen LogP contribution in [0.1, 0.15) is 59.3 Å². The van der Waals surface area contributed by atoms with Gasteiger partial charge in [0.1, 0.15) is 12.2 Å². The van der Waals surface area contributed by atoms with E-state index in [2.05, 4.69) is 5.32 Å². The van der Waals surface area contributed by atoms with Crippen LogP contribution in [-0.4, -0.2) is 82.2 Å². The molecule has 1 rings (SSSR count). The highest BCUT2D eigenvalue weighted by Crippen LogP contribution is 2.29. The molecular weight excluding hydrogens is 418 g/mol. The van der Waals surface area contributed by atoms with Crippen LogP contribution in [0.3, 0.4) is 0 Å². The van der Waals surface area contributed by atoms with Gasteiger partial charge in [-0.3, -0.25) is 9.59 Å². The smallest absolute Gasteiger partial charge is 0.309 e. The van der Waals surface area contributed by atoms with Crippen LogP contribution in [0.2, 0.25) is 0 Å². The number of β-amino-alcohol motifs (C(OH)–C–C–N with tert-alkyl or cyclic N) is 1. The Morgan fingerprint density at radius 2 is 1.88 bits per heavy atom. The SMILES string of the molecule is CCC(=O)OC1CC(=O)OC(C)CCNCC(O)C(C)CC(CC(OC)OC)CC1OC. The summed E-state index contributed by atoms with van der Waals surface area (Å²) in [5.74, 6) is -0.777. The molecule has 0 radical (unpaired) electrons. The minimum absolute atomic E-state index is 0.0106. The lowest BCUT2D eigenvalue weighted by atomic mass is 9.84. The van der Waals surface area contributed by atoms with Crippen LogP contribution in [0.5, 0.6) is 0 Å². The van der Waals surface area contributed by atoms with Crippen LogP contribution in [-0.2, 0) is 33.3 Å². The van der Waals surface area contributed by atoms with Crippen LogP contribution >= 0.6 is 0 Å². The Balaban J connectivity index is 3.16. The maximum atomic E-state index is 12.6. The molecule has 9 nitrogen and oxygen atoms in total. The zero-order valence-electron chi connectivity index (χ0n) is 20.5. The van der Waals surface area contributed by atoms with Crippen molar-refractivity contribution < 1.29 is 38.4 Å². The van der Waals surface area contributed by atoms with Crippen molar-refractivity contribution in [2.45, 2.75) is 90.0 Å². The molecule has 0 aromatic rings. The minimum Gasteiger partial charge on any atom is -0.463 e. The summed E-state index contributed by atoms with van der Waals surface area (Å²) in [7, 11) is 4.71. The standard InChI is InChI=1S/C23H43NO8/c1-7-21(26)32-20-13-22(27)31-16(3)8-9-24-14-18(25)15(2)10-17(11-19(20)28-4)12-23(29-5)30-6/h15-20,23-25H,7-14H2,1-6H3. The van der Waals surface area contributed by atoms with Crippen LogP contribution in [0.25, 0.3) is 0 Å². The summed E-state index contributed by atoms with van der Waals surface area (Å²) >= 11 is 0. The van der Waals surface area contributed by atoms with E-state index in [1.165, 1.54) is 0 Å². The number of cyclic esters (lactones) is 1. The van der Waals surface area contributed by atoms with Gasteiger partial charge in [0.15, 0.2) is 6.29 Å². The molecule has 1 saturated heterocycles. The molecule has 1 aliphatic heterocycles. The Bertz CT molecular complexity index is 542. The highest BCUT2D eigenvalue weighted by atomic mass is 16.7. The monoisotopic (exact) mass is 461 g/mol. The topological polar surface area (TPSA) is 113 Å². The molecule has 0 aliphatic carbocycles. The number of methoxy groups -OCH3 is 3. The highest BCUT2D eigenvalue weighted by Gasteiger charge is 2.33. The summed E-state index contributed by atoms with van der Waals surface area (Å²) in [6, 6.07) is 0. The molecule has 1 fully saturated rings. The molecule has 6 atom stereocenters. The number of rotatable bonds is 7. The van der Waals surface area contributed by atoms with Crippen LogP contribution in [0, 0.1) is 11.8 Å². The van der Waals surface area contributed by atoms with Gasteiger partial charge in [-0.25, -0.2) is 0 Å². The third kappa shape index (κ3) is 10.6. The second-order valence-corrected chi connectivity index (χ2v) is 8.67. The predicted molar refractivity (Wildman–Crippen MR) is 119 cm³/mol. The molecule has 1 heterocycles. The molecule has 2 N–H and O–H groups in total. The van der Waals surface area contributed by atoms with E-state index in [9.17, 15) is 14.7 Å². The highest BCUT2D eigenvalue weighted by molar-refractivity contribution is 5.72. The summed E-state index contributed by atoms with van der Waals surface area (Å²) < 4.78 is 27.6. The van der Waals surface area contributed by atoms with Gasteiger partial charge >= 0.3 is 11.9 Å². The van der Waals surface area contributed by atoms with Crippen LogP contribution in [0.15, 0.2) is 0 Å². The molecule has 6 unspecified atom stereocenters. The third-order valence-corrected chi connectivity index (χ3v) is 6.05. The molecule has 0 amide bonds. The summed E-state index contributed by atoms with van der Waals surface area (Å²) in [5, 5.41) is 13.9. The molecule has 0 aromatic heterocycles. The van der Waals surface area contributed by atoms with Crippen molar-refractivity contribution in [2.24, 2.45) is 11.8 Å². The first-order chi connectivity index (χ1) is 15.2. The van der Waals surface area contributed by atoms with Gasteiger partial charge in [-0.05, 0) is 44.6 Å². The van der Waals surface area contributed by atoms with E-state index < -0.39 is 36.5 Å². The molecule has 32 heavy (non-hydrogen) atoms. The Kier molecular flexibility index (Phi) is 14.0. The normalized spacial score (nSPS) is 31.4. The fourth-order valence-electron chi connectivity index (χ4n) is 4.01. The van der Waals surface area contributed by atoms with Gasteiger partial charge in [0.05, 0.1) is 18.6 Å². The second-order valence-electron chi connectivity index (χ2n) is 8.67. The number of aliphatic hydroxyl groups is 1. The zero-order chi connectivity index (χ0) is 24.1. The van der Waals surface area contributed by atoms with E-state index in [1.807, 2.05) is 13.8 Å². The van der Waals surface area contributed by atoms with Crippen molar-refractivity contribution >= 4 is 11.9 Å². The average molecular weight is 462 g/mol. The second kappa shape index (κ2) is 15.6. The summed E-state index contributed by atoms with van der Waals surface area (Å²) in [6.07, 6.45) is 0.00646. The Hall–Kier alpha value is -1.26. The first-order valence-corrected chi connectivity index (χ1v) is 11.6. The van der Waals surface area contributed by atoms with E-state index in [4.69, 9.17) is 23.7 Å². The third-order valence-electron chi connectivity index (χ3n) is 6.05. The van der Waals surface area contributed by atoms with Crippen molar-refractivity contribution in [1.29, 1.82) is 0 Å². The number of esters is 2. The van der Waals surface area contributed by atoms with Crippen LogP contribution in [0.4, 0.5) is 0 Å².